The maximum Gasteiger partial charge on any atom is 0.246 e. The minimum atomic E-state index is -2.56. The van der Waals surface area contributed by atoms with Gasteiger partial charge in [0.05, 0.1) is 66.7 Å². The molecule has 5 aromatic rings. The van der Waals surface area contributed by atoms with Crippen molar-refractivity contribution in [1.82, 2.24) is 35.4 Å². The Bertz CT molecular complexity index is 2750. The van der Waals surface area contributed by atoms with Crippen molar-refractivity contribution in [3.8, 4) is 16.2 Å². The lowest BCUT2D eigenvalue weighted by atomic mass is 9.85. The smallest absolute Gasteiger partial charge is 0.246 e. The Morgan fingerprint density at radius 1 is 0.932 bits per heavy atom. The van der Waals surface area contributed by atoms with E-state index in [2.05, 4.69) is 46.0 Å². The number of benzene rings is 3. The highest BCUT2D eigenvalue weighted by Crippen LogP contribution is 2.39. The van der Waals surface area contributed by atoms with Crippen LogP contribution in [0.1, 0.15) is 51.3 Å². The maximum absolute atomic E-state index is 14.0. The Balaban J connectivity index is 0.773. The van der Waals surface area contributed by atoms with Gasteiger partial charge in [-0.05, 0) is 67.5 Å². The van der Waals surface area contributed by atoms with Crippen LogP contribution < -0.4 is 36.2 Å². The van der Waals surface area contributed by atoms with Crippen LogP contribution in [0.4, 0.5) is 28.8 Å². The summed E-state index contributed by atoms with van der Waals surface area (Å²) in [4.78, 5) is 61.2. The molecule has 0 bridgehead atoms. The van der Waals surface area contributed by atoms with Crippen LogP contribution in [0.3, 0.4) is 0 Å². The number of likely N-dealkylation sites (tertiary alicyclic amines) is 1. The summed E-state index contributed by atoms with van der Waals surface area (Å²) in [7, 11) is -0.938. The number of piperazine rings is 1. The molecule has 3 atom stereocenters. The summed E-state index contributed by atoms with van der Waals surface area (Å²) in [5, 5.41) is 23.9. The number of aromatic nitrogens is 3. The van der Waals surface area contributed by atoms with E-state index in [0.29, 0.717) is 59.0 Å². The number of nitrogens with zero attached hydrogens (tertiary/aromatic N) is 6. The molecule has 0 aliphatic carbocycles. The minimum absolute atomic E-state index is 0.000710. The summed E-state index contributed by atoms with van der Waals surface area (Å²) >= 11 is 8.05. The molecule has 0 unspecified atom stereocenters. The molecule has 3 amide bonds. The number of amides is 3. The van der Waals surface area contributed by atoms with Crippen molar-refractivity contribution in [3.63, 3.8) is 0 Å². The van der Waals surface area contributed by atoms with Crippen LogP contribution in [0.5, 0.6) is 5.75 Å². The number of carbonyl (C=O) groups is 3. The van der Waals surface area contributed by atoms with Gasteiger partial charge in [0, 0.05) is 82.3 Å². The first-order valence-electron chi connectivity index (χ1n) is 24.9. The third-order valence-electron chi connectivity index (χ3n) is 13.0. The number of aliphatic hydroxyl groups is 1. The van der Waals surface area contributed by atoms with Crippen LogP contribution in [-0.2, 0) is 35.0 Å². The summed E-state index contributed by atoms with van der Waals surface area (Å²) in [5.41, 5.74) is 6.48. The largest absolute Gasteiger partial charge is 0.494 e. The first kappa shape index (κ1) is 56.1. The van der Waals surface area contributed by atoms with E-state index >= 15 is 0 Å². The van der Waals surface area contributed by atoms with Crippen molar-refractivity contribution in [2.75, 3.05) is 102 Å². The molecule has 2 saturated heterocycles. The number of aryl methyl sites for hydroxylation is 1. The third-order valence-corrected chi connectivity index (χ3v) is 15.8. The lowest BCUT2D eigenvalue weighted by molar-refractivity contribution is -0.144. The van der Waals surface area contributed by atoms with E-state index in [1.165, 1.54) is 11.1 Å². The molecule has 7 rings (SSSR count). The molecule has 18 nitrogen and oxygen atoms in total. The average molecular weight is 1070 g/mol. The predicted octanol–water partition coefficient (Wildman–Crippen LogP) is 7.05. The molecule has 74 heavy (non-hydrogen) atoms. The molecule has 2 fully saturated rings. The van der Waals surface area contributed by atoms with Gasteiger partial charge in [-0.2, -0.15) is 4.98 Å². The van der Waals surface area contributed by atoms with Crippen molar-refractivity contribution in [2.24, 2.45) is 5.41 Å². The number of anilines is 5. The van der Waals surface area contributed by atoms with Crippen LogP contribution in [-0.4, -0.2) is 152 Å². The van der Waals surface area contributed by atoms with Gasteiger partial charge in [-0.25, -0.2) is 9.97 Å². The molecule has 2 aliphatic heterocycles. The molecule has 2 aromatic heterocycles. The van der Waals surface area contributed by atoms with Crippen LogP contribution >= 0.6 is 30.1 Å². The van der Waals surface area contributed by atoms with Crippen molar-refractivity contribution < 1.29 is 38.3 Å². The first-order chi connectivity index (χ1) is 35.4. The van der Waals surface area contributed by atoms with E-state index in [1.807, 2.05) is 99.9 Å². The highest BCUT2D eigenvalue weighted by Gasteiger charge is 2.44. The molecule has 3 aromatic carbocycles. The Kier molecular flexibility index (Phi) is 19.5. The van der Waals surface area contributed by atoms with E-state index in [0.717, 1.165) is 66.5 Å². The van der Waals surface area contributed by atoms with Crippen molar-refractivity contribution in [3.05, 3.63) is 94.7 Å². The maximum atomic E-state index is 14.0. The van der Waals surface area contributed by atoms with Gasteiger partial charge in [-0.15, -0.1) is 11.3 Å². The van der Waals surface area contributed by atoms with Gasteiger partial charge in [-0.3, -0.25) is 19.3 Å². The number of methoxy groups -OCH3 is 1. The summed E-state index contributed by atoms with van der Waals surface area (Å²) in [5.74, 6) is 0.232. The number of aliphatic hydroxyl groups excluding tert-OH is 1. The van der Waals surface area contributed by atoms with Gasteiger partial charge >= 0.3 is 0 Å². The van der Waals surface area contributed by atoms with E-state index in [-0.39, 0.29) is 44.4 Å². The predicted molar refractivity (Wildman–Crippen MR) is 293 cm³/mol. The van der Waals surface area contributed by atoms with Gasteiger partial charge in [0.15, 0.2) is 5.82 Å². The zero-order valence-corrected chi connectivity index (χ0v) is 45.8. The number of carbonyl (C=O) groups excluding carboxylic acids is 3. The van der Waals surface area contributed by atoms with Gasteiger partial charge in [-0.1, -0.05) is 68.8 Å². The van der Waals surface area contributed by atoms with Gasteiger partial charge in [0.2, 0.25) is 23.7 Å². The number of nitrogens with one attached hydrogen (secondary N) is 4. The number of hydrogen-bond acceptors (Lipinski definition) is 16. The number of β-amino-alcohol motifs (C(OH)–C–C–N with tert-alkyl or cyclic N) is 1. The molecule has 2 aliphatic rings. The van der Waals surface area contributed by atoms with Gasteiger partial charge in [0.25, 0.3) is 0 Å². The number of halogens is 1. The Morgan fingerprint density at radius 2 is 1.66 bits per heavy atom. The topological polar surface area (TPSA) is 213 Å². The second-order valence-corrected chi connectivity index (χ2v) is 24.4. The second kappa shape index (κ2) is 25.7. The Hall–Kier alpha value is -5.66. The van der Waals surface area contributed by atoms with Crippen LogP contribution in [0.25, 0.3) is 10.4 Å². The van der Waals surface area contributed by atoms with Crippen LogP contribution in [0, 0.1) is 12.3 Å². The van der Waals surface area contributed by atoms with E-state index < -0.39 is 36.7 Å². The summed E-state index contributed by atoms with van der Waals surface area (Å²) < 4.78 is 30.3. The zero-order valence-electron chi connectivity index (χ0n) is 43.4. The normalized spacial score (nSPS) is 16.7. The highest BCUT2D eigenvalue weighted by atomic mass is 35.5. The van der Waals surface area contributed by atoms with Crippen molar-refractivity contribution in [1.29, 1.82) is 0 Å². The average Bonchev–Trinajstić information content (AvgIpc) is 4.00. The number of para-hydroxylation sites is 1. The summed E-state index contributed by atoms with van der Waals surface area (Å²) in [6, 6.07) is 19.5. The molecule has 0 saturated carbocycles. The molecule has 398 valence electrons. The van der Waals surface area contributed by atoms with Crippen LogP contribution in [0.15, 0.2) is 78.4 Å². The fourth-order valence-electron chi connectivity index (χ4n) is 8.91. The monoisotopic (exact) mass is 1070 g/mol. The number of rotatable bonds is 23. The highest BCUT2D eigenvalue weighted by molar-refractivity contribution is 7.70. The molecular formula is C53H70ClN10O8PS. The van der Waals surface area contributed by atoms with Crippen molar-refractivity contribution >= 4 is 81.9 Å². The summed E-state index contributed by atoms with van der Waals surface area (Å²) in [6.07, 6.45) is 1.68. The zero-order chi connectivity index (χ0) is 53.0. The molecule has 21 heteroatoms. The molecule has 5 N–H and O–H groups in total. The fraction of sp³-hybridized carbons (Fsp3) is 0.472. The summed E-state index contributed by atoms with van der Waals surface area (Å²) in [6.45, 7) is 17.1. The van der Waals surface area contributed by atoms with Gasteiger partial charge < -0.3 is 54.9 Å². The quantitative estimate of drug-likeness (QED) is 0.0328. The Labute approximate surface area is 443 Å². The first-order valence-corrected chi connectivity index (χ1v) is 28.8. The standard InChI is InChI=1S/C53H70ClN10O8PS/c1-35-47(74-34-57-35)37-15-13-36(14-16-37)31-55-50(67)43-30-39(65)33-64(43)51(68)48(53(2,3)4)60-46(66)19-26-72-28-27-71-25-10-20-62-21-23-63(24-22-62)38-17-18-41(44(29-38)70-5)59-52-56-32-40(54)49(61-52)58-42-11-8-9-12-45(42)73(6,7)69/h8-9,11-18,29,32,34,39,43,48,65H,10,19-28,30-31,33H2,1-7H3,(H,55,67)(H,60,66)(H2,56,58,59,61)/t39-,43+,48-/m1/s1. The lowest BCUT2D eigenvalue weighted by Gasteiger charge is -2.36. The van der Waals surface area contributed by atoms with Crippen molar-refractivity contribution in [2.45, 2.75) is 71.7 Å². The number of ether oxygens (including phenoxy) is 3. The fourth-order valence-corrected chi connectivity index (χ4v) is 11.0. The SMILES string of the molecule is COc1cc(N2CCN(CCCOCCOCCC(=O)N[C@H](C(=O)N3C[C@H](O)C[C@H]3C(=O)NCc3ccc(-c4scnc4C)cc3)C(C)(C)C)CC2)ccc1Nc1ncc(Cl)c(Nc2ccccc2P(C)(C)=O)n1. The second-order valence-electron chi connectivity index (χ2n) is 20.0. The van der Waals surface area contributed by atoms with E-state index in [1.54, 1.807) is 31.8 Å². The van der Waals surface area contributed by atoms with E-state index in [9.17, 15) is 24.1 Å². The molecule has 0 radical (unpaired) electrons. The minimum Gasteiger partial charge on any atom is -0.494 e. The number of thiazole rings is 1. The Morgan fingerprint density at radius 3 is 2.35 bits per heavy atom. The molecular weight excluding hydrogens is 1000 g/mol. The molecule has 4 heterocycles. The lowest BCUT2D eigenvalue weighted by Crippen LogP contribution is -2.57. The van der Waals surface area contributed by atoms with Gasteiger partial charge in [0.1, 0.15) is 30.0 Å². The van der Waals surface area contributed by atoms with Crippen LogP contribution in [0.2, 0.25) is 5.02 Å². The molecule has 0 spiro atoms. The number of hydrogen-bond donors (Lipinski definition) is 5. The third kappa shape index (κ3) is 15.2. The van der Waals surface area contributed by atoms with E-state index in [4.69, 9.17) is 25.8 Å².